The van der Waals surface area contributed by atoms with Gasteiger partial charge in [-0.1, -0.05) is 56.3 Å². The second-order valence-electron chi connectivity index (χ2n) is 6.95. The molecule has 0 aliphatic carbocycles. The lowest BCUT2D eigenvalue weighted by molar-refractivity contribution is -0.119. The van der Waals surface area contributed by atoms with Crippen molar-refractivity contribution >= 4 is 43.5 Å². The minimum Gasteiger partial charge on any atom is -0.434 e. The quantitative estimate of drug-likeness (QED) is 0.513. The van der Waals surface area contributed by atoms with E-state index in [9.17, 15) is 13.2 Å². The van der Waals surface area contributed by atoms with Crippen molar-refractivity contribution in [2.24, 2.45) is 10.6 Å². The molecule has 0 unspecified atom stereocenters. The lowest BCUT2D eigenvalue weighted by Crippen LogP contribution is -2.30. The molecule has 3 rings (SSSR count). The van der Waals surface area contributed by atoms with Crippen LogP contribution in [0.4, 0.5) is 0 Å². The number of hydrogen-bond donors (Lipinski definition) is 0. The highest BCUT2D eigenvalue weighted by atomic mass is 32.2. The lowest BCUT2D eigenvalue weighted by Gasteiger charge is -2.15. The first-order valence-electron chi connectivity index (χ1n) is 7.86. The number of ketones is 1. The fourth-order valence-corrected chi connectivity index (χ4v) is 2.61. The molecule has 0 aliphatic heterocycles. The van der Waals surface area contributed by atoms with Crippen molar-refractivity contribution in [3.8, 4) is 0 Å². The van der Waals surface area contributed by atoms with Gasteiger partial charge in [-0.15, -0.1) is 0 Å². The van der Waals surface area contributed by atoms with E-state index in [1.807, 2.05) is 30.3 Å². The van der Waals surface area contributed by atoms with E-state index in [2.05, 4.69) is 14.4 Å². The van der Waals surface area contributed by atoms with E-state index in [1.54, 1.807) is 26.8 Å². The Morgan fingerprint density at radius 2 is 1.85 bits per heavy atom. The smallest absolute Gasteiger partial charge is 0.325 e. The Morgan fingerprint density at radius 3 is 2.50 bits per heavy atom. The Hall–Kier alpha value is -2.74. The van der Waals surface area contributed by atoms with Crippen molar-refractivity contribution in [3.63, 3.8) is 0 Å². The third-order valence-corrected chi connectivity index (χ3v) is 3.99. The van der Waals surface area contributed by atoms with Crippen LogP contribution in [0.5, 0.6) is 0 Å². The number of carbonyl (C=O) groups excluding carboxylic acids is 1. The summed E-state index contributed by atoms with van der Waals surface area (Å²) in [5.74, 6) is -0.531. The predicted octanol–water partition coefficient (Wildman–Crippen LogP) is 3.28. The van der Waals surface area contributed by atoms with Crippen LogP contribution in [0, 0.1) is 5.41 Å². The monoisotopic (exact) mass is 374 g/mol. The number of hydrogen-bond acceptors (Lipinski definition) is 7. The van der Waals surface area contributed by atoms with Gasteiger partial charge in [0, 0.05) is 10.8 Å². The Balaban J connectivity index is 2.20. The molecule has 0 aliphatic rings. The van der Waals surface area contributed by atoms with Gasteiger partial charge in [-0.05, 0) is 11.5 Å². The van der Waals surface area contributed by atoms with Crippen LogP contribution in [0.25, 0.3) is 21.9 Å². The Morgan fingerprint density at radius 1 is 1.15 bits per heavy atom. The number of oxime groups is 1. The van der Waals surface area contributed by atoms with E-state index in [4.69, 9.17) is 4.42 Å². The van der Waals surface area contributed by atoms with Crippen LogP contribution in [0.2, 0.25) is 0 Å². The summed E-state index contributed by atoms with van der Waals surface area (Å²) in [4.78, 5) is 17.1. The number of rotatable bonds is 4. The summed E-state index contributed by atoms with van der Waals surface area (Å²) in [6, 6.07) is 11.2. The zero-order valence-corrected chi connectivity index (χ0v) is 15.6. The fraction of sp³-hybridized carbons (Fsp3) is 0.278. The molecule has 0 amide bonds. The van der Waals surface area contributed by atoms with Crippen molar-refractivity contribution in [2.45, 2.75) is 20.8 Å². The summed E-state index contributed by atoms with van der Waals surface area (Å²) in [7, 11) is -3.88. The highest BCUT2D eigenvalue weighted by molar-refractivity contribution is 7.85. The summed E-state index contributed by atoms with van der Waals surface area (Å²) in [5.41, 5.74) is -0.0786. The molecular weight excluding hydrogens is 356 g/mol. The maximum atomic E-state index is 12.7. The molecule has 1 heterocycles. The molecule has 0 spiro atoms. The number of fused-ring (bicyclic) bond motifs is 3. The maximum absolute atomic E-state index is 12.7. The number of aromatic nitrogens is 1. The number of Topliss-reactive ketones (excluding diaryl/α,β-unsaturated/α-hetero) is 1. The molecule has 0 fully saturated rings. The summed E-state index contributed by atoms with van der Waals surface area (Å²) in [6.45, 7) is 5.05. The van der Waals surface area contributed by atoms with Gasteiger partial charge in [0.25, 0.3) is 5.89 Å². The minimum atomic E-state index is -3.88. The highest BCUT2D eigenvalue weighted by Gasteiger charge is 2.32. The molecule has 0 saturated carbocycles. The van der Waals surface area contributed by atoms with Gasteiger partial charge in [-0.2, -0.15) is 8.42 Å². The van der Waals surface area contributed by atoms with E-state index in [0.29, 0.717) is 11.1 Å². The van der Waals surface area contributed by atoms with Gasteiger partial charge < -0.3 is 4.42 Å². The molecule has 0 radical (unpaired) electrons. The standard InChI is InChI=1S/C18H18N2O5S/c1-18(2,3)16(21)15(20-25-26(4,22)23)17-19-14-12-8-6-5-7-11(12)9-10-13(14)24-17/h5-10H,1-4H3/b20-15+. The van der Waals surface area contributed by atoms with Gasteiger partial charge in [0.15, 0.2) is 11.4 Å². The first-order chi connectivity index (χ1) is 12.1. The number of carbonyl (C=O) groups is 1. The van der Waals surface area contributed by atoms with Gasteiger partial charge in [0.1, 0.15) is 5.52 Å². The van der Waals surface area contributed by atoms with Crippen molar-refractivity contribution in [3.05, 3.63) is 42.3 Å². The van der Waals surface area contributed by atoms with Gasteiger partial charge in [-0.25, -0.2) is 4.98 Å². The topological polar surface area (TPSA) is 98.8 Å². The van der Waals surface area contributed by atoms with Gasteiger partial charge in [0.05, 0.1) is 6.26 Å². The fourth-order valence-electron chi connectivity index (χ4n) is 2.40. The molecule has 1 aromatic heterocycles. The van der Waals surface area contributed by atoms with Gasteiger partial charge in [0.2, 0.25) is 5.71 Å². The van der Waals surface area contributed by atoms with E-state index >= 15 is 0 Å². The Bertz CT molecular complexity index is 1140. The molecule has 0 saturated heterocycles. The van der Waals surface area contributed by atoms with Crippen LogP contribution in [-0.4, -0.2) is 31.2 Å². The van der Waals surface area contributed by atoms with E-state index in [-0.39, 0.29) is 11.6 Å². The molecule has 3 aromatic rings. The minimum absolute atomic E-state index is 0.0834. The van der Waals surface area contributed by atoms with Gasteiger partial charge in [-0.3, -0.25) is 9.08 Å². The van der Waals surface area contributed by atoms with E-state index in [1.165, 1.54) is 0 Å². The van der Waals surface area contributed by atoms with Crippen LogP contribution in [0.1, 0.15) is 26.7 Å². The molecular formula is C18H18N2O5S. The average Bonchev–Trinajstić information content (AvgIpc) is 2.97. The third kappa shape index (κ3) is 3.60. The summed E-state index contributed by atoms with van der Waals surface area (Å²) >= 11 is 0. The normalized spacial score (nSPS) is 13.3. The van der Waals surface area contributed by atoms with Crippen LogP contribution in [0.3, 0.4) is 0 Å². The van der Waals surface area contributed by atoms with Crippen molar-refractivity contribution in [2.75, 3.05) is 6.26 Å². The molecule has 0 N–H and O–H groups in total. The molecule has 8 heteroatoms. The average molecular weight is 374 g/mol. The molecule has 0 bridgehead atoms. The Labute approximate surface area is 150 Å². The van der Waals surface area contributed by atoms with Crippen LogP contribution < -0.4 is 0 Å². The zero-order valence-electron chi connectivity index (χ0n) is 14.8. The van der Waals surface area contributed by atoms with Crippen LogP contribution in [0.15, 0.2) is 46.0 Å². The molecule has 2 aromatic carbocycles. The largest absolute Gasteiger partial charge is 0.434 e. The van der Waals surface area contributed by atoms with Crippen molar-refractivity contribution in [1.82, 2.24) is 4.98 Å². The second-order valence-corrected chi connectivity index (χ2v) is 8.51. The summed E-state index contributed by atoms with van der Waals surface area (Å²) in [6.07, 6.45) is 0.843. The Kier molecular flexibility index (Phi) is 4.31. The van der Waals surface area contributed by atoms with Crippen LogP contribution >= 0.6 is 0 Å². The third-order valence-electron chi connectivity index (χ3n) is 3.65. The lowest BCUT2D eigenvalue weighted by atomic mass is 9.88. The number of nitrogens with zero attached hydrogens (tertiary/aromatic N) is 2. The molecule has 0 atom stereocenters. The summed E-state index contributed by atoms with van der Waals surface area (Å²) < 4.78 is 32.8. The molecule has 136 valence electrons. The SMILES string of the molecule is CC(C)(C)C(=O)/C(=N\OS(C)(=O)=O)c1nc2c(ccc3ccccc32)o1. The number of benzene rings is 2. The number of oxazole rings is 1. The van der Waals surface area contributed by atoms with Crippen molar-refractivity contribution < 1.29 is 21.9 Å². The van der Waals surface area contributed by atoms with Crippen LogP contribution in [-0.2, 0) is 19.2 Å². The second kappa shape index (κ2) is 6.21. The van der Waals surface area contributed by atoms with Gasteiger partial charge >= 0.3 is 10.1 Å². The first kappa shape index (κ1) is 18.1. The summed E-state index contributed by atoms with van der Waals surface area (Å²) in [5, 5.41) is 5.35. The maximum Gasteiger partial charge on any atom is 0.325 e. The predicted molar refractivity (Wildman–Crippen MR) is 98.4 cm³/mol. The first-order valence-corrected chi connectivity index (χ1v) is 9.68. The zero-order chi connectivity index (χ0) is 19.1. The molecule has 7 nitrogen and oxygen atoms in total. The van der Waals surface area contributed by atoms with E-state index in [0.717, 1.165) is 17.0 Å². The van der Waals surface area contributed by atoms with E-state index < -0.39 is 21.3 Å². The van der Waals surface area contributed by atoms with Crippen molar-refractivity contribution in [1.29, 1.82) is 0 Å². The molecule has 26 heavy (non-hydrogen) atoms. The highest BCUT2D eigenvalue weighted by Crippen LogP contribution is 2.27.